The Hall–Kier alpha value is -3.06. The molecule has 13 nitrogen and oxygen atoms in total. The minimum Gasteiger partial charge on any atom is -0.483 e. The molecule has 0 spiro atoms. The van der Waals surface area contributed by atoms with Gasteiger partial charge in [0.25, 0.3) is 6.47 Å². The van der Waals surface area contributed by atoms with Crippen molar-refractivity contribution < 1.29 is 39.6 Å². The van der Waals surface area contributed by atoms with Crippen molar-refractivity contribution in [3.8, 4) is 5.40 Å². The van der Waals surface area contributed by atoms with Gasteiger partial charge in [-0.15, -0.1) is 0 Å². The highest BCUT2D eigenvalue weighted by Crippen LogP contribution is 2.19. The zero-order chi connectivity index (χ0) is 30.3. The molecular weight excluding hydrogens is 542 g/mol. The van der Waals surface area contributed by atoms with E-state index in [1.54, 1.807) is 4.90 Å². The van der Waals surface area contributed by atoms with Crippen LogP contribution in [0.3, 0.4) is 0 Å². The third-order valence-corrected chi connectivity index (χ3v) is 6.77. The van der Waals surface area contributed by atoms with E-state index in [0.717, 1.165) is 48.6 Å². The normalized spacial score (nSPS) is 17.8. The van der Waals surface area contributed by atoms with Crippen LogP contribution in [0.5, 0.6) is 0 Å². The molecule has 0 aromatic heterocycles. The van der Waals surface area contributed by atoms with Crippen LogP contribution in [-0.2, 0) is 25.6 Å². The summed E-state index contributed by atoms with van der Waals surface area (Å²) in [4.78, 5) is 51.5. The molecule has 40 heavy (non-hydrogen) atoms. The van der Waals surface area contributed by atoms with Gasteiger partial charge < -0.3 is 25.2 Å². The monoisotopic (exact) mass is 583 g/mol. The number of aliphatic hydroxyl groups is 1. The first kappa shape index (κ1) is 36.9. The van der Waals surface area contributed by atoms with E-state index in [2.05, 4.69) is 22.1 Å². The molecule has 14 heteroatoms. The lowest BCUT2D eigenvalue weighted by Gasteiger charge is -2.37. The first-order valence-electron chi connectivity index (χ1n) is 12.7. The van der Waals surface area contributed by atoms with E-state index in [4.69, 9.17) is 20.3 Å². The van der Waals surface area contributed by atoms with E-state index in [1.165, 1.54) is 0 Å². The third-order valence-electron chi connectivity index (χ3n) is 6.17. The van der Waals surface area contributed by atoms with Crippen LogP contribution in [0.25, 0.3) is 0 Å². The van der Waals surface area contributed by atoms with Crippen LogP contribution < -0.4 is 0 Å². The Morgan fingerprint density at radius 1 is 0.950 bits per heavy atom. The van der Waals surface area contributed by atoms with Gasteiger partial charge in [-0.1, -0.05) is 19.1 Å². The summed E-state index contributed by atoms with van der Waals surface area (Å²) < 4.78 is 0. The standard InChI is InChI=1S/C24H35N5O5S.CH2O2.CH4O/c1-2-29-12-11-27(18-24(33)34)8-7-26(17-23(31)32)9-10-28(13-14-30)16-21(29)15-20-3-5-22(6-4-20)35-19-25;2-1-3;1-2/h3-6,14,21H,2,7-13,15-18H2,1H3,(H,31,32)(H,33,34);1H,(H,2,3);2H,1H3. The van der Waals surface area contributed by atoms with Crippen molar-refractivity contribution in [1.29, 1.82) is 5.26 Å². The fourth-order valence-electron chi connectivity index (χ4n) is 4.34. The topological polar surface area (TPSA) is 186 Å². The summed E-state index contributed by atoms with van der Waals surface area (Å²) in [5.41, 5.74) is 1.11. The predicted octanol–water partition coefficient (Wildman–Crippen LogP) is 0.0898. The van der Waals surface area contributed by atoms with Crippen LogP contribution in [0.2, 0.25) is 0 Å². The highest BCUT2D eigenvalue weighted by Gasteiger charge is 2.24. The number of carbonyl (C=O) groups excluding carboxylic acids is 1. The second kappa shape index (κ2) is 22.7. The fourth-order valence-corrected chi connectivity index (χ4v) is 4.72. The number of nitrogens with zero attached hydrogens (tertiary/aromatic N) is 5. The van der Waals surface area contributed by atoms with Crippen molar-refractivity contribution in [2.75, 3.05) is 79.1 Å². The maximum Gasteiger partial charge on any atom is 0.317 e. The number of carboxylic acids is 2. The highest BCUT2D eigenvalue weighted by molar-refractivity contribution is 8.03. The van der Waals surface area contributed by atoms with Gasteiger partial charge in [0.1, 0.15) is 11.7 Å². The number of hydrogen-bond acceptors (Lipinski definition) is 11. The summed E-state index contributed by atoms with van der Waals surface area (Å²) in [5, 5.41) is 43.5. The Kier molecular flexibility index (Phi) is 21.0. The molecule has 1 heterocycles. The van der Waals surface area contributed by atoms with Crippen molar-refractivity contribution >= 4 is 36.5 Å². The second-order valence-electron chi connectivity index (χ2n) is 8.70. The van der Waals surface area contributed by atoms with E-state index in [1.807, 2.05) is 29.2 Å². The van der Waals surface area contributed by atoms with Crippen LogP contribution in [0.4, 0.5) is 0 Å². The van der Waals surface area contributed by atoms with Gasteiger partial charge in [0.2, 0.25) is 0 Å². The van der Waals surface area contributed by atoms with Crippen molar-refractivity contribution in [2.24, 2.45) is 0 Å². The maximum absolute atomic E-state index is 11.4. The van der Waals surface area contributed by atoms with E-state index in [-0.39, 0.29) is 32.1 Å². The molecule has 1 aliphatic heterocycles. The highest BCUT2D eigenvalue weighted by atomic mass is 32.2. The predicted molar refractivity (Wildman–Crippen MR) is 150 cm³/mol. The van der Waals surface area contributed by atoms with Crippen LogP contribution >= 0.6 is 11.8 Å². The van der Waals surface area contributed by atoms with E-state index < -0.39 is 11.9 Å². The number of aldehydes is 1. The number of carboxylic acid groups (broad SMARTS) is 3. The molecule has 0 saturated carbocycles. The number of thiocyanates is 1. The van der Waals surface area contributed by atoms with Gasteiger partial charge in [0, 0.05) is 63.9 Å². The molecule has 0 bridgehead atoms. The number of benzene rings is 1. The molecule has 1 saturated heterocycles. The summed E-state index contributed by atoms with van der Waals surface area (Å²) in [7, 11) is 1.00. The Morgan fingerprint density at radius 2 is 1.43 bits per heavy atom. The van der Waals surface area contributed by atoms with Crippen molar-refractivity contribution in [3.05, 3.63) is 29.8 Å². The van der Waals surface area contributed by atoms with Crippen molar-refractivity contribution in [3.63, 3.8) is 0 Å². The third kappa shape index (κ3) is 16.1. The van der Waals surface area contributed by atoms with E-state index in [9.17, 15) is 24.6 Å². The molecular formula is C26H41N5O8S. The Balaban J connectivity index is 0.00000284. The van der Waals surface area contributed by atoms with Gasteiger partial charge in [-0.25, -0.2) is 0 Å². The van der Waals surface area contributed by atoms with Crippen molar-refractivity contribution in [1.82, 2.24) is 19.6 Å². The Bertz CT molecular complexity index is 915. The Labute approximate surface area is 239 Å². The lowest BCUT2D eigenvalue weighted by atomic mass is 10.0. The number of rotatable bonds is 10. The van der Waals surface area contributed by atoms with Crippen LogP contribution in [0, 0.1) is 10.7 Å². The first-order chi connectivity index (χ1) is 19.3. The van der Waals surface area contributed by atoms with Crippen LogP contribution in [-0.4, -0.2) is 150 Å². The van der Waals surface area contributed by atoms with Crippen LogP contribution in [0.1, 0.15) is 12.5 Å². The van der Waals surface area contributed by atoms with Gasteiger partial charge in [0.05, 0.1) is 19.6 Å². The molecule has 1 unspecified atom stereocenters. The van der Waals surface area contributed by atoms with E-state index >= 15 is 0 Å². The second-order valence-corrected chi connectivity index (χ2v) is 9.55. The molecule has 2 rings (SSSR count). The number of aliphatic carboxylic acids is 2. The average Bonchev–Trinajstić information content (AvgIpc) is 2.91. The number of hydrogen-bond donors (Lipinski definition) is 4. The molecule has 0 amide bonds. The molecule has 1 atom stereocenters. The van der Waals surface area contributed by atoms with Gasteiger partial charge in [-0.3, -0.25) is 34.0 Å². The minimum absolute atomic E-state index is 0.0773. The SMILES string of the molecule is CCN1CCN(CC(=O)O)CCN(CC(=O)O)CCN(CC=O)CC1Cc1ccc(SC#N)cc1.CO.O=CO. The molecule has 0 aliphatic carbocycles. The molecule has 1 aromatic rings. The summed E-state index contributed by atoms with van der Waals surface area (Å²) in [6.45, 7) is 6.36. The average molecular weight is 584 g/mol. The zero-order valence-corrected chi connectivity index (χ0v) is 23.9. The molecule has 0 radical (unpaired) electrons. The van der Waals surface area contributed by atoms with E-state index in [0.29, 0.717) is 45.8 Å². The zero-order valence-electron chi connectivity index (χ0n) is 23.1. The number of thioether (sulfide) groups is 1. The van der Waals surface area contributed by atoms with Gasteiger partial charge >= 0.3 is 11.9 Å². The quantitative estimate of drug-likeness (QED) is 0.165. The van der Waals surface area contributed by atoms with Crippen LogP contribution in [0.15, 0.2) is 29.2 Å². The summed E-state index contributed by atoms with van der Waals surface area (Å²) in [6, 6.07) is 7.96. The molecule has 4 N–H and O–H groups in total. The maximum atomic E-state index is 11.4. The molecule has 1 aromatic carbocycles. The van der Waals surface area contributed by atoms with Gasteiger partial charge in [-0.2, -0.15) is 5.26 Å². The largest absolute Gasteiger partial charge is 0.483 e. The molecule has 224 valence electrons. The molecule has 1 aliphatic rings. The van der Waals surface area contributed by atoms with Gasteiger partial charge in [-0.05, 0) is 42.4 Å². The van der Waals surface area contributed by atoms with Crippen molar-refractivity contribution in [2.45, 2.75) is 24.3 Å². The van der Waals surface area contributed by atoms with Gasteiger partial charge in [0.15, 0.2) is 0 Å². The summed E-state index contributed by atoms with van der Waals surface area (Å²) in [5.74, 6) is -1.84. The number of likely N-dealkylation sites (N-methyl/N-ethyl adjacent to an activating group) is 1. The molecule has 1 fully saturated rings. The first-order valence-corrected chi connectivity index (χ1v) is 13.5. The summed E-state index contributed by atoms with van der Waals surface area (Å²) in [6.07, 6.45) is 1.61. The smallest absolute Gasteiger partial charge is 0.317 e. The minimum atomic E-state index is -0.933. The summed E-state index contributed by atoms with van der Waals surface area (Å²) >= 11 is 1.12. The lowest BCUT2D eigenvalue weighted by molar-refractivity contribution is -0.140. The number of carbonyl (C=O) groups is 4. The Morgan fingerprint density at radius 3 is 1.85 bits per heavy atom. The number of nitriles is 1. The fraction of sp³-hybridized carbons (Fsp3) is 0.577. The lowest BCUT2D eigenvalue weighted by Crippen LogP contribution is -2.52. The number of aliphatic hydroxyl groups excluding tert-OH is 1.